The molecule has 0 unspecified atom stereocenters. The molecule has 0 spiro atoms. The predicted molar refractivity (Wildman–Crippen MR) is 80.9 cm³/mol. The van der Waals surface area contributed by atoms with Crippen LogP contribution in [0.1, 0.15) is 25.8 Å². The van der Waals surface area contributed by atoms with Crippen LogP contribution in [0.5, 0.6) is 11.5 Å². The number of nitrogens with one attached hydrogen (secondary N) is 1. The predicted octanol–water partition coefficient (Wildman–Crippen LogP) is 3.35. The summed E-state index contributed by atoms with van der Waals surface area (Å²) in [6.07, 6.45) is 3.32. The highest BCUT2D eigenvalue weighted by Crippen LogP contribution is 2.36. The molecule has 0 saturated carbocycles. The molecule has 0 saturated heterocycles. The van der Waals surface area contributed by atoms with Gasteiger partial charge in [0.1, 0.15) is 6.61 Å². The van der Waals surface area contributed by atoms with Gasteiger partial charge in [-0.25, -0.2) is 0 Å². The molecule has 0 amide bonds. The van der Waals surface area contributed by atoms with Gasteiger partial charge in [-0.3, -0.25) is 0 Å². The smallest absolute Gasteiger partial charge is 0.168 e. The van der Waals surface area contributed by atoms with Gasteiger partial charge < -0.3 is 14.8 Å². The lowest BCUT2D eigenvalue weighted by molar-refractivity contribution is 0.309. The van der Waals surface area contributed by atoms with Crippen molar-refractivity contribution in [3.8, 4) is 11.5 Å². The van der Waals surface area contributed by atoms with E-state index < -0.39 is 0 Å². The molecule has 0 radical (unpaired) electrons. The molecule has 106 valence electrons. The maximum Gasteiger partial charge on any atom is 0.168 e. The Kier molecular flexibility index (Phi) is 6.43. The van der Waals surface area contributed by atoms with Gasteiger partial charge in [0.05, 0.1) is 7.11 Å². The molecule has 1 aromatic rings. The molecule has 1 heterocycles. The number of ether oxygens (including phenoxy) is 2. The average molecular weight is 263 g/mol. The van der Waals surface area contributed by atoms with Gasteiger partial charge in [-0.1, -0.05) is 26.0 Å². The third kappa shape index (κ3) is 4.60. The summed E-state index contributed by atoms with van der Waals surface area (Å²) in [6.45, 7) is 5.13. The van der Waals surface area contributed by atoms with Crippen LogP contribution in [-0.4, -0.2) is 27.8 Å². The first-order valence-electron chi connectivity index (χ1n) is 6.70. The van der Waals surface area contributed by atoms with Crippen LogP contribution < -0.4 is 14.8 Å². The first-order chi connectivity index (χ1) is 9.12. The van der Waals surface area contributed by atoms with Crippen LogP contribution >= 0.6 is 0 Å². The number of rotatable bonds is 3. The summed E-state index contributed by atoms with van der Waals surface area (Å²) in [4.78, 5) is 0. The van der Waals surface area contributed by atoms with Crippen molar-refractivity contribution in [2.75, 3.05) is 27.8 Å². The average Bonchev–Trinajstić information content (AvgIpc) is 2.38. The lowest BCUT2D eigenvalue weighted by atomic mass is 9.99. The fraction of sp³-hybridized carbons (Fsp3) is 0.500. The molecule has 0 fully saturated rings. The second-order valence-electron chi connectivity index (χ2n) is 5.07. The third-order valence-electron chi connectivity index (χ3n) is 2.66. The van der Waals surface area contributed by atoms with Gasteiger partial charge >= 0.3 is 0 Å². The van der Waals surface area contributed by atoms with Crippen LogP contribution in [0.2, 0.25) is 0 Å². The van der Waals surface area contributed by atoms with Gasteiger partial charge in [0.25, 0.3) is 0 Å². The van der Waals surface area contributed by atoms with E-state index in [9.17, 15) is 0 Å². The molecule has 0 bridgehead atoms. The molecule has 0 atom stereocenters. The second-order valence-corrected chi connectivity index (χ2v) is 5.07. The van der Waals surface area contributed by atoms with Crippen molar-refractivity contribution in [2.45, 2.75) is 20.3 Å². The van der Waals surface area contributed by atoms with E-state index in [1.807, 2.05) is 26.2 Å². The van der Waals surface area contributed by atoms with Crippen molar-refractivity contribution in [3.05, 3.63) is 29.3 Å². The molecule has 0 aliphatic carbocycles. The van der Waals surface area contributed by atoms with E-state index in [0.29, 0.717) is 12.5 Å². The number of hydrogen-bond acceptors (Lipinski definition) is 3. The highest BCUT2D eigenvalue weighted by atomic mass is 16.5. The van der Waals surface area contributed by atoms with E-state index in [1.165, 1.54) is 5.57 Å². The van der Waals surface area contributed by atoms with Crippen LogP contribution in [0.3, 0.4) is 0 Å². The fourth-order valence-corrected chi connectivity index (χ4v) is 2.03. The van der Waals surface area contributed by atoms with Crippen molar-refractivity contribution in [1.29, 1.82) is 0 Å². The second kappa shape index (κ2) is 7.85. The molecule has 1 N–H and O–H groups in total. The van der Waals surface area contributed by atoms with E-state index in [-0.39, 0.29) is 0 Å². The van der Waals surface area contributed by atoms with Crippen LogP contribution in [0, 0.1) is 5.92 Å². The van der Waals surface area contributed by atoms with E-state index >= 15 is 0 Å². The topological polar surface area (TPSA) is 30.5 Å². The zero-order valence-electron chi connectivity index (χ0n) is 12.6. The maximum absolute atomic E-state index is 5.77. The fourth-order valence-electron chi connectivity index (χ4n) is 2.03. The first-order valence-corrected chi connectivity index (χ1v) is 6.70. The number of para-hydroxylation sites is 1. The van der Waals surface area contributed by atoms with Crippen molar-refractivity contribution >= 4 is 6.08 Å². The summed E-state index contributed by atoms with van der Waals surface area (Å²) in [6, 6.07) is 5.99. The molecule has 2 rings (SSSR count). The zero-order chi connectivity index (χ0) is 14.3. The van der Waals surface area contributed by atoms with E-state index in [1.54, 1.807) is 7.11 Å². The molecular formula is C16H25NO2. The molecule has 3 nitrogen and oxygen atoms in total. The van der Waals surface area contributed by atoms with E-state index in [2.05, 4.69) is 31.3 Å². The molecule has 0 aromatic heterocycles. The van der Waals surface area contributed by atoms with Crippen molar-refractivity contribution in [2.24, 2.45) is 5.92 Å². The summed E-state index contributed by atoms with van der Waals surface area (Å²) in [7, 11) is 5.42. The summed E-state index contributed by atoms with van der Waals surface area (Å²) in [5, 5.41) is 2.75. The van der Waals surface area contributed by atoms with Gasteiger partial charge in [0, 0.05) is 5.56 Å². The minimum Gasteiger partial charge on any atom is -0.493 e. The van der Waals surface area contributed by atoms with Gasteiger partial charge in [-0.2, -0.15) is 0 Å². The minimum atomic E-state index is 0.669. The van der Waals surface area contributed by atoms with Gasteiger partial charge in [-0.05, 0) is 44.1 Å². The van der Waals surface area contributed by atoms with Crippen LogP contribution in [0.4, 0.5) is 0 Å². The molecular weight excluding hydrogens is 238 g/mol. The Morgan fingerprint density at radius 3 is 2.58 bits per heavy atom. The standard InChI is InChI=1S/C14H18O2.C2H7N/c1-10(2)7-11-8-12-5-4-6-13(15-3)14(12)16-9-11;1-3-2/h4-6,8,10H,7,9H2,1-3H3;3H,1-2H3. The Morgan fingerprint density at radius 2 is 2.00 bits per heavy atom. The SMILES string of the molecule is CNC.COc1cccc2c1OCC(CC(C)C)=C2. The van der Waals surface area contributed by atoms with Gasteiger partial charge in [-0.15, -0.1) is 0 Å². The third-order valence-corrected chi connectivity index (χ3v) is 2.66. The van der Waals surface area contributed by atoms with Crippen molar-refractivity contribution in [1.82, 2.24) is 5.32 Å². The molecule has 1 aliphatic rings. The summed E-state index contributed by atoms with van der Waals surface area (Å²) >= 11 is 0. The quantitative estimate of drug-likeness (QED) is 0.907. The number of methoxy groups -OCH3 is 1. The zero-order valence-corrected chi connectivity index (χ0v) is 12.6. The Balaban J connectivity index is 0.000000550. The molecule has 1 aliphatic heterocycles. The number of hydrogen-bond donors (Lipinski definition) is 1. The van der Waals surface area contributed by atoms with Gasteiger partial charge in [0.2, 0.25) is 0 Å². The largest absolute Gasteiger partial charge is 0.493 e. The van der Waals surface area contributed by atoms with Gasteiger partial charge in [0.15, 0.2) is 11.5 Å². The van der Waals surface area contributed by atoms with E-state index in [0.717, 1.165) is 23.5 Å². The Morgan fingerprint density at radius 1 is 1.32 bits per heavy atom. The van der Waals surface area contributed by atoms with Crippen LogP contribution in [-0.2, 0) is 0 Å². The lowest BCUT2D eigenvalue weighted by Crippen LogP contribution is -2.10. The lowest BCUT2D eigenvalue weighted by Gasteiger charge is -2.20. The van der Waals surface area contributed by atoms with Crippen molar-refractivity contribution in [3.63, 3.8) is 0 Å². The Labute approximate surface area is 116 Å². The molecule has 1 aromatic carbocycles. The number of fused-ring (bicyclic) bond motifs is 1. The van der Waals surface area contributed by atoms with E-state index in [4.69, 9.17) is 9.47 Å². The first kappa shape index (κ1) is 15.6. The highest BCUT2D eigenvalue weighted by Gasteiger charge is 2.15. The van der Waals surface area contributed by atoms with Crippen molar-refractivity contribution < 1.29 is 9.47 Å². The summed E-state index contributed by atoms with van der Waals surface area (Å²) in [5.41, 5.74) is 2.48. The Bertz CT molecular complexity index is 425. The van der Waals surface area contributed by atoms with Crippen LogP contribution in [0.15, 0.2) is 23.8 Å². The summed E-state index contributed by atoms with van der Waals surface area (Å²) < 4.78 is 11.0. The summed E-state index contributed by atoms with van der Waals surface area (Å²) in [5.74, 6) is 2.36. The normalized spacial score (nSPS) is 12.8. The maximum atomic E-state index is 5.77. The monoisotopic (exact) mass is 263 g/mol. The van der Waals surface area contributed by atoms with Crippen LogP contribution in [0.25, 0.3) is 6.08 Å². The molecule has 19 heavy (non-hydrogen) atoms. The highest BCUT2D eigenvalue weighted by molar-refractivity contribution is 5.66. The number of benzene rings is 1. The molecule has 3 heteroatoms. The minimum absolute atomic E-state index is 0.669. The Hall–Kier alpha value is -1.48.